The Morgan fingerprint density at radius 1 is 1.40 bits per heavy atom. The molecule has 0 aromatic rings. The third-order valence-corrected chi connectivity index (χ3v) is 1.88. The molecule has 4 heteroatoms. The lowest BCUT2D eigenvalue weighted by Gasteiger charge is -2.13. The predicted octanol–water partition coefficient (Wildman–Crippen LogP) is 2.65. The van der Waals surface area contributed by atoms with Gasteiger partial charge in [-0.15, -0.1) is 0 Å². The Hall–Kier alpha value is -0.540. The number of alkyl halides is 1. The van der Waals surface area contributed by atoms with Crippen LogP contribution in [0.4, 0.5) is 0 Å². The highest BCUT2D eigenvalue weighted by Gasteiger charge is 1.98. The van der Waals surface area contributed by atoms with Crippen LogP contribution in [-0.2, 0) is 9.53 Å². The van der Waals surface area contributed by atoms with E-state index in [1.54, 1.807) is 6.92 Å². The smallest absolute Gasteiger partial charge is 0.331 e. The molecule has 0 bridgehead atoms. The monoisotopic (exact) mass is 235 g/mol. The summed E-state index contributed by atoms with van der Waals surface area (Å²) >= 11 is 5.26. The first kappa shape index (κ1) is 16.9. The Kier molecular flexibility index (Phi) is 13.0. The van der Waals surface area contributed by atoms with Crippen molar-refractivity contribution in [3.05, 3.63) is 12.7 Å². The fraction of sp³-hybridized carbons (Fsp3) is 0.727. The molecule has 15 heavy (non-hydrogen) atoms. The molecule has 0 aliphatic rings. The molecule has 0 fully saturated rings. The summed E-state index contributed by atoms with van der Waals surface area (Å²) in [5.41, 5.74) is -0.569. The third-order valence-electron chi connectivity index (χ3n) is 1.79. The van der Waals surface area contributed by atoms with Gasteiger partial charge in [0.1, 0.15) is 0 Å². The standard InChI is InChI=1S/C6H15N.C5H7ClO2/c1-4-7(5-2)6-3;1-3-5(7)8-4(2)6/h4-6H2,1-3H3;3-4H,1H2,2H3. The molecule has 0 amide bonds. The SMILES string of the molecule is C=CC(=O)OC(C)Cl.CCN(CC)CC. The third kappa shape index (κ3) is 13.5. The molecule has 0 aliphatic carbocycles. The molecule has 0 rings (SSSR count). The van der Waals surface area contributed by atoms with Crippen molar-refractivity contribution in [2.75, 3.05) is 19.6 Å². The van der Waals surface area contributed by atoms with Crippen molar-refractivity contribution in [3.8, 4) is 0 Å². The van der Waals surface area contributed by atoms with Crippen LogP contribution in [0.5, 0.6) is 0 Å². The molecule has 1 unspecified atom stereocenters. The van der Waals surface area contributed by atoms with Crippen LogP contribution in [0.1, 0.15) is 27.7 Å². The second kappa shape index (κ2) is 11.5. The quantitative estimate of drug-likeness (QED) is 0.417. The van der Waals surface area contributed by atoms with Crippen molar-refractivity contribution in [3.63, 3.8) is 0 Å². The normalized spacial score (nSPS) is 11.3. The van der Waals surface area contributed by atoms with Crippen LogP contribution in [0.25, 0.3) is 0 Å². The molecule has 0 aliphatic heterocycles. The van der Waals surface area contributed by atoms with Gasteiger partial charge < -0.3 is 9.64 Å². The minimum Gasteiger partial charge on any atom is -0.443 e. The fourth-order valence-corrected chi connectivity index (χ4v) is 0.967. The first-order valence-corrected chi connectivity index (χ1v) is 5.64. The molecule has 0 aromatic heterocycles. The van der Waals surface area contributed by atoms with Gasteiger partial charge in [-0.2, -0.15) is 0 Å². The maximum absolute atomic E-state index is 10.2. The van der Waals surface area contributed by atoms with E-state index in [0.29, 0.717) is 0 Å². The molecular formula is C11H22ClNO2. The van der Waals surface area contributed by atoms with Crippen molar-refractivity contribution < 1.29 is 9.53 Å². The van der Waals surface area contributed by atoms with Crippen LogP contribution in [-0.4, -0.2) is 36.1 Å². The van der Waals surface area contributed by atoms with Gasteiger partial charge >= 0.3 is 5.97 Å². The summed E-state index contributed by atoms with van der Waals surface area (Å²) < 4.78 is 4.41. The van der Waals surface area contributed by atoms with Gasteiger partial charge in [0, 0.05) is 6.08 Å². The molecule has 90 valence electrons. The van der Waals surface area contributed by atoms with Gasteiger partial charge in [-0.3, -0.25) is 0 Å². The van der Waals surface area contributed by atoms with Gasteiger partial charge in [-0.05, 0) is 26.6 Å². The number of rotatable bonds is 5. The van der Waals surface area contributed by atoms with Crippen LogP contribution in [0.15, 0.2) is 12.7 Å². The van der Waals surface area contributed by atoms with Crippen molar-refractivity contribution in [2.24, 2.45) is 0 Å². The number of hydrogen-bond acceptors (Lipinski definition) is 3. The van der Waals surface area contributed by atoms with Gasteiger partial charge in [0.15, 0.2) is 5.56 Å². The van der Waals surface area contributed by atoms with E-state index in [9.17, 15) is 4.79 Å². The molecule has 0 aromatic carbocycles. The molecule has 0 saturated heterocycles. The Bertz CT molecular complexity index is 162. The van der Waals surface area contributed by atoms with E-state index < -0.39 is 11.5 Å². The number of hydrogen-bond donors (Lipinski definition) is 0. The summed E-state index contributed by atoms with van der Waals surface area (Å²) in [6.45, 7) is 14.9. The van der Waals surface area contributed by atoms with Crippen LogP contribution in [0.2, 0.25) is 0 Å². The minimum atomic E-state index is -0.569. The minimum absolute atomic E-state index is 0.493. The largest absolute Gasteiger partial charge is 0.443 e. The summed E-state index contributed by atoms with van der Waals surface area (Å²) in [5, 5.41) is 0. The van der Waals surface area contributed by atoms with Crippen LogP contribution in [0.3, 0.4) is 0 Å². The number of halogens is 1. The van der Waals surface area contributed by atoms with Crippen molar-refractivity contribution in [2.45, 2.75) is 33.3 Å². The van der Waals surface area contributed by atoms with Crippen LogP contribution in [0, 0.1) is 0 Å². The van der Waals surface area contributed by atoms with Gasteiger partial charge in [-0.1, -0.05) is 39.0 Å². The Labute approximate surface area is 98.0 Å². The highest BCUT2D eigenvalue weighted by atomic mass is 35.5. The maximum atomic E-state index is 10.2. The topological polar surface area (TPSA) is 29.5 Å². The fourth-order valence-electron chi connectivity index (χ4n) is 0.879. The van der Waals surface area contributed by atoms with Gasteiger partial charge in [0.05, 0.1) is 0 Å². The average molecular weight is 236 g/mol. The summed E-state index contributed by atoms with van der Waals surface area (Å²) in [6.07, 6.45) is 1.07. The van der Waals surface area contributed by atoms with E-state index in [1.165, 1.54) is 19.6 Å². The highest BCUT2D eigenvalue weighted by Crippen LogP contribution is 1.95. The molecule has 0 heterocycles. The van der Waals surface area contributed by atoms with E-state index in [1.807, 2.05) is 0 Å². The predicted molar refractivity (Wildman–Crippen MR) is 65.1 cm³/mol. The number of esters is 1. The van der Waals surface area contributed by atoms with E-state index in [0.717, 1.165) is 6.08 Å². The first-order chi connectivity index (χ1) is 7.01. The zero-order chi connectivity index (χ0) is 12.3. The molecule has 3 nitrogen and oxygen atoms in total. The Morgan fingerprint density at radius 3 is 1.87 bits per heavy atom. The van der Waals surface area contributed by atoms with Crippen molar-refractivity contribution in [1.29, 1.82) is 0 Å². The molecule has 0 saturated carbocycles. The lowest BCUT2D eigenvalue weighted by Crippen LogP contribution is -2.21. The highest BCUT2D eigenvalue weighted by molar-refractivity contribution is 6.20. The first-order valence-electron chi connectivity index (χ1n) is 5.21. The molecule has 0 spiro atoms. The summed E-state index contributed by atoms with van der Waals surface area (Å²) in [7, 11) is 0. The van der Waals surface area contributed by atoms with E-state index in [2.05, 4.69) is 37.0 Å². The lowest BCUT2D eigenvalue weighted by molar-refractivity contribution is -0.138. The van der Waals surface area contributed by atoms with Gasteiger partial charge in [0.2, 0.25) is 0 Å². The van der Waals surface area contributed by atoms with Gasteiger partial charge in [0.25, 0.3) is 0 Å². The molecule has 1 atom stereocenters. The van der Waals surface area contributed by atoms with E-state index in [4.69, 9.17) is 11.6 Å². The molecule has 0 N–H and O–H groups in total. The molecular weight excluding hydrogens is 214 g/mol. The van der Waals surface area contributed by atoms with Crippen LogP contribution < -0.4 is 0 Å². The Balaban J connectivity index is 0. The van der Waals surface area contributed by atoms with Crippen molar-refractivity contribution in [1.82, 2.24) is 4.90 Å². The van der Waals surface area contributed by atoms with Crippen LogP contribution >= 0.6 is 11.6 Å². The number of carbonyl (C=O) groups is 1. The second-order valence-electron chi connectivity index (χ2n) is 2.80. The Morgan fingerprint density at radius 2 is 1.80 bits per heavy atom. The summed E-state index contributed by atoms with van der Waals surface area (Å²) in [6, 6.07) is 0. The number of nitrogens with zero attached hydrogens (tertiary/aromatic N) is 1. The lowest BCUT2D eigenvalue weighted by atomic mass is 10.5. The average Bonchev–Trinajstić information content (AvgIpc) is 2.20. The van der Waals surface area contributed by atoms with E-state index in [-0.39, 0.29) is 0 Å². The number of ether oxygens (including phenoxy) is 1. The maximum Gasteiger partial charge on any atom is 0.331 e. The molecule has 0 radical (unpaired) electrons. The zero-order valence-corrected chi connectivity index (χ0v) is 10.9. The van der Waals surface area contributed by atoms with Crippen molar-refractivity contribution >= 4 is 17.6 Å². The van der Waals surface area contributed by atoms with E-state index >= 15 is 0 Å². The number of carbonyl (C=O) groups excluding carboxylic acids is 1. The second-order valence-corrected chi connectivity index (χ2v) is 3.42. The summed E-state index contributed by atoms with van der Waals surface area (Å²) in [4.78, 5) is 12.6. The van der Waals surface area contributed by atoms with Gasteiger partial charge in [-0.25, -0.2) is 4.79 Å². The summed E-state index contributed by atoms with van der Waals surface area (Å²) in [5.74, 6) is -0.493. The zero-order valence-electron chi connectivity index (χ0n) is 10.1.